The van der Waals surface area contributed by atoms with E-state index < -0.39 is 5.79 Å². The summed E-state index contributed by atoms with van der Waals surface area (Å²) < 4.78 is 5.15. The third-order valence-electron chi connectivity index (χ3n) is 4.79. The van der Waals surface area contributed by atoms with Gasteiger partial charge >= 0.3 is 5.97 Å². The molecular weight excluding hydrogens is 216 g/mol. The predicted octanol–water partition coefficient (Wildman–Crippen LogP) is 2.39. The first-order chi connectivity index (χ1) is 7.66. The summed E-state index contributed by atoms with van der Waals surface area (Å²) in [7, 11) is 0. The summed E-state index contributed by atoms with van der Waals surface area (Å²) in [4.78, 5) is 12.0. The van der Waals surface area contributed by atoms with Gasteiger partial charge in [-0.25, -0.2) is 4.79 Å². The Morgan fingerprint density at radius 3 is 2.53 bits per heavy atom. The van der Waals surface area contributed by atoms with Gasteiger partial charge in [-0.15, -0.1) is 0 Å². The Morgan fingerprint density at radius 2 is 1.88 bits per heavy atom. The average molecular weight is 236 g/mol. The standard InChI is InChI=1S/C14H20O3/c1-12(2)5-8-6-13(8,3)10-9(7-12)14(4,16)17-11(10)15/h8,16H,5-7H2,1-4H3/t8-,13+,14+/m0/s1. The fourth-order valence-corrected chi connectivity index (χ4v) is 3.75. The van der Waals surface area contributed by atoms with Crippen LogP contribution in [0.15, 0.2) is 11.1 Å². The van der Waals surface area contributed by atoms with E-state index in [1.54, 1.807) is 6.92 Å². The van der Waals surface area contributed by atoms with Crippen LogP contribution in [0.4, 0.5) is 0 Å². The normalized spacial score (nSPS) is 47.1. The number of hydrogen-bond donors (Lipinski definition) is 1. The van der Waals surface area contributed by atoms with Gasteiger partial charge in [-0.3, -0.25) is 0 Å². The molecule has 3 atom stereocenters. The molecule has 0 bridgehead atoms. The number of aliphatic hydroxyl groups is 1. The number of ether oxygens (including phenoxy) is 1. The molecule has 3 heteroatoms. The zero-order chi connectivity index (χ0) is 12.6. The second kappa shape index (κ2) is 2.77. The SMILES string of the molecule is CC1(C)CC2=C(C(=O)O[C@@]2(C)O)[C@]2(C)C[C@@H]2C1. The van der Waals surface area contributed by atoms with Crippen LogP contribution in [-0.2, 0) is 9.53 Å². The van der Waals surface area contributed by atoms with E-state index in [1.807, 2.05) is 0 Å². The minimum atomic E-state index is -1.38. The van der Waals surface area contributed by atoms with Crippen molar-refractivity contribution in [3.05, 3.63) is 11.1 Å². The molecule has 1 aliphatic heterocycles. The molecule has 3 aliphatic rings. The van der Waals surface area contributed by atoms with Gasteiger partial charge in [-0.2, -0.15) is 0 Å². The van der Waals surface area contributed by atoms with Gasteiger partial charge in [-0.05, 0) is 30.6 Å². The number of hydrogen-bond acceptors (Lipinski definition) is 3. The maximum atomic E-state index is 12.0. The second-order valence-corrected chi connectivity index (χ2v) is 7.09. The van der Waals surface area contributed by atoms with Crippen molar-refractivity contribution >= 4 is 5.97 Å². The van der Waals surface area contributed by atoms with E-state index >= 15 is 0 Å². The molecule has 0 radical (unpaired) electrons. The lowest BCUT2D eigenvalue weighted by Crippen LogP contribution is -2.29. The van der Waals surface area contributed by atoms with Gasteiger partial charge < -0.3 is 9.84 Å². The monoisotopic (exact) mass is 236 g/mol. The van der Waals surface area contributed by atoms with Gasteiger partial charge in [-0.1, -0.05) is 20.8 Å². The van der Waals surface area contributed by atoms with Crippen LogP contribution in [-0.4, -0.2) is 16.9 Å². The number of fused-ring (bicyclic) bond motifs is 2. The van der Waals surface area contributed by atoms with Crippen LogP contribution in [0, 0.1) is 16.7 Å². The predicted molar refractivity (Wildman–Crippen MR) is 63.0 cm³/mol. The third kappa shape index (κ3) is 1.41. The van der Waals surface area contributed by atoms with Crippen LogP contribution >= 0.6 is 0 Å². The van der Waals surface area contributed by atoms with Crippen LogP contribution in [0.25, 0.3) is 0 Å². The van der Waals surface area contributed by atoms with E-state index in [-0.39, 0.29) is 16.8 Å². The van der Waals surface area contributed by atoms with Crippen molar-refractivity contribution in [3.8, 4) is 0 Å². The second-order valence-electron chi connectivity index (χ2n) is 7.09. The van der Waals surface area contributed by atoms with E-state index in [4.69, 9.17) is 4.74 Å². The van der Waals surface area contributed by atoms with Gasteiger partial charge in [0.05, 0.1) is 0 Å². The highest BCUT2D eigenvalue weighted by Gasteiger charge is 2.63. The maximum Gasteiger partial charge on any atom is 0.337 e. The zero-order valence-corrected chi connectivity index (χ0v) is 11.0. The molecule has 3 rings (SSSR count). The summed E-state index contributed by atoms with van der Waals surface area (Å²) in [6, 6.07) is 0. The number of cyclic esters (lactones) is 1. The van der Waals surface area contributed by atoms with Crippen molar-refractivity contribution in [1.82, 2.24) is 0 Å². The largest absolute Gasteiger partial charge is 0.426 e. The number of carbonyl (C=O) groups is 1. The molecular formula is C14H20O3. The summed E-state index contributed by atoms with van der Waals surface area (Å²) >= 11 is 0. The third-order valence-corrected chi connectivity index (χ3v) is 4.79. The minimum absolute atomic E-state index is 0.0410. The number of esters is 1. The fraction of sp³-hybridized carbons (Fsp3) is 0.786. The molecule has 0 aromatic carbocycles. The molecule has 94 valence electrons. The minimum Gasteiger partial charge on any atom is -0.426 e. The molecule has 1 saturated carbocycles. The molecule has 0 amide bonds. The molecule has 1 N–H and O–H groups in total. The van der Waals surface area contributed by atoms with Gasteiger partial charge in [0.2, 0.25) is 5.79 Å². The van der Waals surface area contributed by atoms with Crippen molar-refractivity contribution in [2.24, 2.45) is 16.7 Å². The summed E-state index contributed by atoms with van der Waals surface area (Å²) in [5.74, 6) is -1.11. The maximum absolute atomic E-state index is 12.0. The Labute approximate surface area is 102 Å². The van der Waals surface area contributed by atoms with Crippen LogP contribution in [0.1, 0.15) is 47.0 Å². The van der Waals surface area contributed by atoms with Crippen LogP contribution in [0.5, 0.6) is 0 Å². The topological polar surface area (TPSA) is 46.5 Å². The van der Waals surface area contributed by atoms with Gasteiger partial charge in [0.15, 0.2) is 0 Å². The van der Waals surface area contributed by atoms with Crippen LogP contribution in [0.3, 0.4) is 0 Å². The lowest BCUT2D eigenvalue weighted by molar-refractivity contribution is -0.177. The molecule has 0 aromatic rings. The van der Waals surface area contributed by atoms with Crippen LogP contribution < -0.4 is 0 Å². The molecule has 0 aromatic heterocycles. The van der Waals surface area contributed by atoms with Crippen molar-refractivity contribution < 1.29 is 14.6 Å². The van der Waals surface area contributed by atoms with E-state index in [0.717, 1.165) is 30.4 Å². The zero-order valence-electron chi connectivity index (χ0n) is 11.0. The van der Waals surface area contributed by atoms with Crippen molar-refractivity contribution in [2.75, 3.05) is 0 Å². The summed E-state index contributed by atoms with van der Waals surface area (Å²) in [5, 5.41) is 10.3. The van der Waals surface area contributed by atoms with Crippen molar-refractivity contribution in [3.63, 3.8) is 0 Å². The van der Waals surface area contributed by atoms with Gasteiger partial charge in [0.25, 0.3) is 0 Å². The molecule has 3 nitrogen and oxygen atoms in total. The first-order valence-electron chi connectivity index (χ1n) is 6.36. The Hall–Kier alpha value is -0.830. The molecule has 0 spiro atoms. The summed E-state index contributed by atoms with van der Waals surface area (Å²) in [6.45, 7) is 8.15. The van der Waals surface area contributed by atoms with E-state index in [2.05, 4.69) is 20.8 Å². The molecule has 1 fully saturated rings. The highest BCUT2D eigenvalue weighted by molar-refractivity contribution is 5.95. The van der Waals surface area contributed by atoms with E-state index in [1.165, 1.54) is 0 Å². The Balaban J connectivity index is 2.15. The van der Waals surface area contributed by atoms with E-state index in [0.29, 0.717) is 5.92 Å². The molecule has 0 unspecified atom stereocenters. The Bertz CT molecular complexity index is 444. The van der Waals surface area contributed by atoms with Crippen LogP contribution in [0.2, 0.25) is 0 Å². The fourth-order valence-electron chi connectivity index (χ4n) is 3.75. The smallest absolute Gasteiger partial charge is 0.337 e. The summed E-state index contributed by atoms with van der Waals surface area (Å²) in [5.41, 5.74) is 1.70. The lowest BCUT2D eigenvalue weighted by Gasteiger charge is -2.28. The highest BCUT2D eigenvalue weighted by atomic mass is 16.7. The number of carbonyl (C=O) groups excluding carboxylic acids is 1. The van der Waals surface area contributed by atoms with Crippen molar-refractivity contribution in [2.45, 2.75) is 52.7 Å². The molecule has 0 saturated heterocycles. The highest BCUT2D eigenvalue weighted by Crippen LogP contribution is 2.67. The quantitative estimate of drug-likeness (QED) is 0.657. The van der Waals surface area contributed by atoms with Gasteiger partial charge in [0.1, 0.15) is 0 Å². The van der Waals surface area contributed by atoms with Crippen molar-refractivity contribution in [1.29, 1.82) is 0 Å². The summed E-state index contributed by atoms with van der Waals surface area (Å²) in [6.07, 6.45) is 2.94. The Morgan fingerprint density at radius 1 is 1.24 bits per heavy atom. The Kier molecular flexibility index (Phi) is 1.84. The lowest BCUT2D eigenvalue weighted by atomic mass is 9.80. The average Bonchev–Trinajstić information content (AvgIpc) is 2.65. The molecule has 1 heterocycles. The number of rotatable bonds is 0. The van der Waals surface area contributed by atoms with E-state index in [9.17, 15) is 9.90 Å². The molecule has 17 heavy (non-hydrogen) atoms. The molecule has 2 aliphatic carbocycles. The first-order valence-corrected chi connectivity index (χ1v) is 6.36. The van der Waals surface area contributed by atoms with Gasteiger partial charge in [0, 0.05) is 23.5 Å². The first kappa shape index (κ1) is 11.3.